The van der Waals surface area contributed by atoms with E-state index in [-0.39, 0.29) is 54.3 Å². The van der Waals surface area contributed by atoms with Crippen LogP contribution in [0.2, 0.25) is 0 Å². The molecule has 0 aromatic heterocycles. The Morgan fingerprint density at radius 2 is 1.69 bits per heavy atom. The largest absolute Gasteiger partial charge is 0.483 e. The fourth-order valence-corrected chi connectivity index (χ4v) is 3.58. The van der Waals surface area contributed by atoms with E-state index in [9.17, 15) is 33.6 Å². The van der Waals surface area contributed by atoms with Gasteiger partial charge >= 0.3 is 0 Å². The molecule has 1 atom stereocenters. The Bertz CT molecular complexity index is 1040. The summed E-state index contributed by atoms with van der Waals surface area (Å²) < 4.78 is 5.49. The lowest BCUT2D eigenvalue weighted by Gasteiger charge is -2.22. The molecule has 0 saturated carbocycles. The molecule has 1 aromatic rings. The molecule has 1 aliphatic rings. The van der Waals surface area contributed by atoms with E-state index in [0.717, 1.165) is 4.90 Å². The highest BCUT2D eigenvalue weighted by Crippen LogP contribution is 2.32. The van der Waals surface area contributed by atoms with Crippen molar-refractivity contribution in [1.82, 2.24) is 15.5 Å². The number of imide groups is 1. The molecule has 1 unspecified atom stereocenters. The standard InChI is InChI=1S/C24H30N4O8/c1-15(30)9-10-19(31)26-11-2-3-12-27-20(32)14-36-18-8-4-6-16-21(18)24(35)28(23(16)34)17(22(25)33)7-5-13-29/h4,6,8,13,17H,2-3,5,7,9-12,14H2,1H3,(H2,25,33)(H,26,31)(H,27,32). The highest BCUT2D eigenvalue weighted by molar-refractivity contribution is 6.24. The van der Waals surface area contributed by atoms with Crippen molar-refractivity contribution in [1.29, 1.82) is 0 Å². The van der Waals surface area contributed by atoms with Gasteiger partial charge in [-0.15, -0.1) is 0 Å². The van der Waals surface area contributed by atoms with Crippen LogP contribution in [-0.4, -0.2) is 72.2 Å². The molecule has 1 heterocycles. The number of Topliss-reactive ketones (excluding diaryl/α,β-unsaturated/α-hetero) is 1. The van der Waals surface area contributed by atoms with E-state index in [1.165, 1.54) is 25.1 Å². The fraction of sp³-hybridized carbons (Fsp3) is 0.458. The Hall–Kier alpha value is -4.09. The summed E-state index contributed by atoms with van der Waals surface area (Å²) in [6, 6.07) is 3.04. The molecule has 0 bridgehead atoms. The van der Waals surface area contributed by atoms with Gasteiger partial charge in [0.25, 0.3) is 17.7 Å². The van der Waals surface area contributed by atoms with Crippen LogP contribution >= 0.6 is 0 Å². The number of nitrogens with two attached hydrogens (primary N) is 1. The minimum atomic E-state index is -1.28. The van der Waals surface area contributed by atoms with E-state index in [1.807, 2.05) is 0 Å². The first kappa shape index (κ1) is 28.1. The minimum absolute atomic E-state index is 0.00961. The molecule has 2 rings (SSSR count). The summed E-state index contributed by atoms with van der Waals surface area (Å²) in [6.07, 6.45) is 1.99. The van der Waals surface area contributed by atoms with Crippen LogP contribution in [0.5, 0.6) is 5.75 Å². The fourth-order valence-electron chi connectivity index (χ4n) is 3.58. The van der Waals surface area contributed by atoms with Crippen molar-refractivity contribution in [3.05, 3.63) is 29.3 Å². The van der Waals surface area contributed by atoms with Crippen LogP contribution < -0.4 is 21.1 Å². The van der Waals surface area contributed by atoms with Crippen LogP contribution in [0, 0.1) is 0 Å². The van der Waals surface area contributed by atoms with E-state index < -0.39 is 36.3 Å². The molecule has 12 nitrogen and oxygen atoms in total. The van der Waals surface area contributed by atoms with Gasteiger partial charge in [0.2, 0.25) is 11.8 Å². The number of unbranched alkanes of at least 4 members (excludes halogenated alkanes) is 1. The third-order valence-corrected chi connectivity index (χ3v) is 5.42. The van der Waals surface area contributed by atoms with Gasteiger partial charge in [0.1, 0.15) is 23.9 Å². The first-order valence-corrected chi connectivity index (χ1v) is 11.6. The van der Waals surface area contributed by atoms with Crippen LogP contribution in [0.3, 0.4) is 0 Å². The average molecular weight is 503 g/mol. The number of ketones is 1. The number of hydrogen-bond acceptors (Lipinski definition) is 8. The first-order chi connectivity index (χ1) is 17.2. The van der Waals surface area contributed by atoms with Crippen molar-refractivity contribution < 1.29 is 38.3 Å². The van der Waals surface area contributed by atoms with Gasteiger partial charge in [0.15, 0.2) is 6.61 Å². The number of nitrogens with zero attached hydrogens (tertiary/aromatic N) is 1. The maximum absolute atomic E-state index is 13.0. The third-order valence-electron chi connectivity index (χ3n) is 5.42. The van der Waals surface area contributed by atoms with Crippen molar-refractivity contribution in [2.45, 2.75) is 51.5 Å². The third kappa shape index (κ3) is 7.72. The number of primary amides is 1. The molecule has 36 heavy (non-hydrogen) atoms. The lowest BCUT2D eigenvalue weighted by Crippen LogP contribution is -2.47. The van der Waals surface area contributed by atoms with Gasteiger partial charge in [-0.2, -0.15) is 0 Å². The summed E-state index contributed by atoms with van der Waals surface area (Å²) in [5, 5.41) is 5.35. The molecule has 194 valence electrons. The zero-order chi connectivity index (χ0) is 26.7. The van der Waals surface area contributed by atoms with Crippen molar-refractivity contribution in [3.63, 3.8) is 0 Å². The van der Waals surface area contributed by atoms with E-state index in [2.05, 4.69) is 10.6 Å². The molecular formula is C24H30N4O8. The molecular weight excluding hydrogens is 472 g/mol. The van der Waals surface area contributed by atoms with Crippen molar-refractivity contribution in [3.8, 4) is 5.75 Å². The second kappa shape index (κ2) is 13.7. The maximum Gasteiger partial charge on any atom is 0.266 e. The van der Waals surface area contributed by atoms with Crippen LogP contribution in [0.4, 0.5) is 0 Å². The number of benzene rings is 1. The summed E-state index contributed by atoms with van der Waals surface area (Å²) in [5.74, 6) is -3.12. The number of fused-ring (bicyclic) bond motifs is 1. The number of aldehydes is 1. The van der Waals surface area contributed by atoms with Crippen molar-refractivity contribution in [2.24, 2.45) is 5.73 Å². The molecule has 4 N–H and O–H groups in total. The predicted octanol–water partition coefficient (Wildman–Crippen LogP) is -0.124. The summed E-state index contributed by atoms with van der Waals surface area (Å²) in [7, 11) is 0. The molecule has 12 heteroatoms. The van der Waals surface area contributed by atoms with Gasteiger partial charge in [-0.1, -0.05) is 6.07 Å². The van der Waals surface area contributed by atoms with Crippen LogP contribution in [0.15, 0.2) is 18.2 Å². The monoisotopic (exact) mass is 502 g/mol. The van der Waals surface area contributed by atoms with E-state index in [4.69, 9.17) is 10.5 Å². The molecule has 0 aliphatic carbocycles. The number of carbonyl (C=O) groups excluding carboxylic acids is 7. The number of hydrogen-bond donors (Lipinski definition) is 3. The minimum Gasteiger partial charge on any atom is -0.483 e. The Morgan fingerprint density at radius 3 is 2.31 bits per heavy atom. The SMILES string of the molecule is CC(=O)CCC(=O)NCCCCNC(=O)COc1cccc2c1C(=O)N(C(CCC=O)C(N)=O)C2=O. The predicted molar refractivity (Wildman–Crippen MR) is 126 cm³/mol. The number of carbonyl (C=O) groups is 7. The summed E-state index contributed by atoms with van der Waals surface area (Å²) in [6.45, 7) is 1.77. The van der Waals surface area contributed by atoms with Gasteiger partial charge < -0.3 is 30.7 Å². The Balaban J connectivity index is 1.84. The van der Waals surface area contributed by atoms with Gasteiger partial charge in [-0.3, -0.25) is 28.9 Å². The average Bonchev–Trinajstić information content (AvgIpc) is 3.09. The lowest BCUT2D eigenvalue weighted by molar-refractivity contribution is -0.124. The zero-order valence-electron chi connectivity index (χ0n) is 20.0. The number of amides is 5. The number of ether oxygens (including phenoxy) is 1. The summed E-state index contributed by atoms with van der Waals surface area (Å²) in [5.41, 5.74) is 5.29. The highest BCUT2D eigenvalue weighted by atomic mass is 16.5. The van der Waals surface area contributed by atoms with Crippen LogP contribution in [-0.2, 0) is 24.0 Å². The molecule has 0 radical (unpaired) electrons. The van der Waals surface area contributed by atoms with E-state index >= 15 is 0 Å². The normalized spacial score (nSPS) is 13.1. The van der Waals surface area contributed by atoms with E-state index in [0.29, 0.717) is 32.2 Å². The van der Waals surface area contributed by atoms with E-state index in [1.54, 1.807) is 0 Å². The smallest absolute Gasteiger partial charge is 0.266 e. The summed E-state index contributed by atoms with van der Waals surface area (Å²) >= 11 is 0. The second-order valence-electron chi connectivity index (χ2n) is 8.22. The Morgan fingerprint density at radius 1 is 1.03 bits per heavy atom. The summed E-state index contributed by atoms with van der Waals surface area (Å²) in [4.78, 5) is 83.5. The zero-order valence-corrected chi connectivity index (χ0v) is 20.0. The highest BCUT2D eigenvalue weighted by Gasteiger charge is 2.43. The van der Waals surface area contributed by atoms with Gasteiger partial charge in [-0.25, -0.2) is 0 Å². The Kier molecular flexibility index (Phi) is 10.7. The second-order valence-corrected chi connectivity index (χ2v) is 8.22. The number of nitrogens with one attached hydrogen (secondary N) is 2. The molecule has 0 fully saturated rings. The molecule has 0 saturated heterocycles. The Labute approximate surface area is 207 Å². The maximum atomic E-state index is 13.0. The van der Waals surface area contributed by atoms with Gasteiger partial charge in [0.05, 0.1) is 11.1 Å². The topological polar surface area (TPSA) is 182 Å². The lowest BCUT2D eigenvalue weighted by atomic mass is 10.1. The molecule has 1 aromatic carbocycles. The van der Waals surface area contributed by atoms with Crippen molar-refractivity contribution >= 4 is 41.6 Å². The van der Waals surface area contributed by atoms with Crippen LogP contribution in [0.25, 0.3) is 0 Å². The van der Waals surface area contributed by atoms with Gasteiger partial charge in [-0.05, 0) is 38.3 Å². The quantitative estimate of drug-likeness (QED) is 0.159. The first-order valence-electron chi connectivity index (χ1n) is 11.6. The van der Waals surface area contributed by atoms with Crippen molar-refractivity contribution in [2.75, 3.05) is 19.7 Å². The van der Waals surface area contributed by atoms with Gasteiger partial charge in [0, 0.05) is 32.4 Å². The molecule has 0 spiro atoms. The number of rotatable bonds is 16. The molecule has 1 aliphatic heterocycles. The van der Waals surface area contributed by atoms with Crippen LogP contribution in [0.1, 0.15) is 66.2 Å². The molecule has 5 amide bonds.